The molecule has 0 bridgehead atoms. The van der Waals surface area contributed by atoms with Crippen molar-refractivity contribution in [3.8, 4) is 5.75 Å². The molecule has 2 aromatic rings. The summed E-state index contributed by atoms with van der Waals surface area (Å²) in [5.74, 6) is 0.411. The molecule has 5 heteroatoms. The van der Waals surface area contributed by atoms with Crippen LogP contribution in [0.2, 0.25) is 0 Å². The van der Waals surface area contributed by atoms with Crippen molar-refractivity contribution >= 4 is 17.2 Å². The number of aliphatic hydroxyl groups is 1. The van der Waals surface area contributed by atoms with E-state index in [0.29, 0.717) is 5.75 Å². The van der Waals surface area contributed by atoms with Crippen LogP contribution in [0.15, 0.2) is 35.7 Å². The minimum absolute atomic E-state index is 0.0563. The highest BCUT2D eigenvalue weighted by Crippen LogP contribution is 2.23. The summed E-state index contributed by atoms with van der Waals surface area (Å²) in [7, 11) is 0. The normalized spacial score (nSPS) is 12.0. The van der Waals surface area contributed by atoms with Gasteiger partial charge in [-0.05, 0) is 43.0 Å². The molecule has 1 aromatic carbocycles. The number of benzene rings is 1. The second-order valence-corrected chi connectivity index (χ2v) is 5.84. The van der Waals surface area contributed by atoms with E-state index in [1.807, 2.05) is 49.6 Å². The summed E-state index contributed by atoms with van der Waals surface area (Å²) >= 11 is 1.49. The van der Waals surface area contributed by atoms with Gasteiger partial charge in [-0.3, -0.25) is 4.79 Å². The maximum absolute atomic E-state index is 11.7. The van der Waals surface area contributed by atoms with Crippen molar-refractivity contribution < 1.29 is 14.6 Å². The molecule has 0 radical (unpaired) electrons. The van der Waals surface area contributed by atoms with Gasteiger partial charge in [0.1, 0.15) is 11.9 Å². The lowest BCUT2D eigenvalue weighted by Crippen LogP contribution is -2.32. The van der Waals surface area contributed by atoms with E-state index >= 15 is 0 Å². The van der Waals surface area contributed by atoms with E-state index in [-0.39, 0.29) is 19.1 Å². The molecule has 4 nitrogen and oxygen atoms in total. The fourth-order valence-electron chi connectivity index (χ4n) is 1.86. The van der Waals surface area contributed by atoms with Gasteiger partial charge in [-0.15, -0.1) is 11.3 Å². The molecule has 0 saturated carbocycles. The SMILES string of the molecule is Cc1ccc(OCC(=O)NCC(O)c2sccc2C)cc1. The molecule has 0 aliphatic rings. The Morgan fingerprint density at radius 2 is 2.00 bits per heavy atom. The van der Waals surface area contributed by atoms with Crippen LogP contribution >= 0.6 is 11.3 Å². The predicted octanol–water partition coefficient (Wildman–Crippen LogP) is 2.59. The Kier molecular flexibility index (Phi) is 5.36. The Morgan fingerprint density at radius 1 is 1.29 bits per heavy atom. The molecule has 1 amide bonds. The lowest BCUT2D eigenvalue weighted by molar-refractivity contribution is -0.123. The number of aliphatic hydroxyl groups excluding tert-OH is 1. The Hall–Kier alpha value is -1.85. The molecular weight excluding hydrogens is 286 g/mol. The summed E-state index contributed by atoms with van der Waals surface area (Å²) in [6, 6.07) is 9.46. The van der Waals surface area contributed by atoms with Crippen LogP contribution in [0.3, 0.4) is 0 Å². The largest absolute Gasteiger partial charge is 0.484 e. The quantitative estimate of drug-likeness (QED) is 0.862. The van der Waals surface area contributed by atoms with Crippen LogP contribution < -0.4 is 10.1 Å². The first-order valence-electron chi connectivity index (χ1n) is 6.74. The highest BCUT2D eigenvalue weighted by molar-refractivity contribution is 7.10. The molecule has 0 fully saturated rings. The summed E-state index contributed by atoms with van der Waals surface area (Å²) in [6.45, 7) is 4.07. The molecule has 2 N–H and O–H groups in total. The second-order valence-electron chi connectivity index (χ2n) is 4.89. The molecule has 2 rings (SSSR count). The molecular formula is C16H19NO3S. The zero-order valence-corrected chi connectivity index (χ0v) is 12.9. The van der Waals surface area contributed by atoms with Crippen molar-refractivity contribution in [3.05, 3.63) is 51.7 Å². The number of carbonyl (C=O) groups is 1. The number of amides is 1. The van der Waals surface area contributed by atoms with Gasteiger partial charge in [0.25, 0.3) is 5.91 Å². The van der Waals surface area contributed by atoms with E-state index in [0.717, 1.165) is 16.0 Å². The molecule has 0 spiro atoms. The smallest absolute Gasteiger partial charge is 0.258 e. The zero-order chi connectivity index (χ0) is 15.2. The van der Waals surface area contributed by atoms with Crippen molar-refractivity contribution in [2.45, 2.75) is 20.0 Å². The van der Waals surface area contributed by atoms with Crippen LogP contribution in [0.25, 0.3) is 0 Å². The van der Waals surface area contributed by atoms with Gasteiger partial charge in [-0.2, -0.15) is 0 Å². The second kappa shape index (κ2) is 7.24. The molecule has 112 valence electrons. The van der Waals surface area contributed by atoms with Gasteiger partial charge in [0.15, 0.2) is 6.61 Å². The minimum atomic E-state index is -0.673. The van der Waals surface area contributed by atoms with Crippen molar-refractivity contribution in [2.75, 3.05) is 13.2 Å². The topological polar surface area (TPSA) is 58.6 Å². The lowest BCUT2D eigenvalue weighted by atomic mass is 10.2. The zero-order valence-electron chi connectivity index (χ0n) is 12.1. The van der Waals surface area contributed by atoms with Crippen LogP contribution in [0.5, 0.6) is 5.75 Å². The van der Waals surface area contributed by atoms with Crippen LogP contribution in [-0.4, -0.2) is 24.2 Å². The van der Waals surface area contributed by atoms with Crippen LogP contribution in [0, 0.1) is 13.8 Å². The third-order valence-electron chi connectivity index (χ3n) is 3.09. The fraction of sp³-hybridized carbons (Fsp3) is 0.312. The van der Waals surface area contributed by atoms with Gasteiger partial charge < -0.3 is 15.2 Å². The van der Waals surface area contributed by atoms with Crippen molar-refractivity contribution in [1.82, 2.24) is 5.32 Å². The molecule has 1 atom stereocenters. The Labute approximate surface area is 128 Å². The van der Waals surface area contributed by atoms with E-state index in [2.05, 4.69) is 5.32 Å². The summed E-state index contributed by atoms with van der Waals surface area (Å²) < 4.78 is 5.38. The summed E-state index contributed by atoms with van der Waals surface area (Å²) in [6.07, 6.45) is -0.673. The van der Waals surface area contributed by atoms with Crippen LogP contribution in [0.1, 0.15) is 22.1 Å². The van der Waals surface area contributed by atoms with E-state index in [1.165, 1.54) is 11.3 Å². The standard InChI is InChI=1S/C16H19NO3S/c1-11-3-5-13(6-4-11)20-10-15(19)17-9-14(18)16-12(2)7-8-21-16/h3-8,14,18H,9-10H2,1-2H3,(H,17,19). The number of rotatable bonds is 6. The molecule has 0 aliphatic carbocycles. The maximum atomic E-state index is 11.7. The number of hydrogen-bond acceptors (Lipinski definition) is 4. The number of nitrogens with one attached hydrogen (secondary N) is 1. The van der Waals surface area contributed by atoms with Crippen molar-refractivity contribution in [2.24, 2.45) is 0 Å². The monoisotopic (exact) mass is 305 g/mol. The molecule has 0 aliphatic heterocycles. The number of carbonyl (C=O) groups excluding carboxylic acids is 1. The van der Waals surface area contributed by atoms with Gasteiger partial charge in [-0.25, -0.2) is 0 Å². The third-order valence-corrected chi connectivity index (χ3v) is 4.21. The molecule has 0 saturated heterocycles. The van der Waals surface area contributed by atoms with Gasteiger partial charge >= 0.3 is 0 Å². The highest BCUT2D eigenvalue weighted by Gasteiger charge is 2.13. The number of hydrogen-bond donors (Lipinski definition) is 2. The molecule has 1 aromatic heterocycles. The summed E-state index contributed by atoms with van der Waals surface area (Å²) in [5.41, 5.74) is 2.18. The first-order chi connectivity index (χ1) is 10.1. The molecule has 1 unspecified atom stereocenters. The van der Waals surface area contributed by atoms with Gasteiger partial charge in [0, 0.05) is 11.4 Å². The number of ether oxygens (including phenoxy) is 1. The van der Waals surface area contributed by atoms with Crippen LogP contribution in [0.4, 0.5) is 0 Å². The average molecular weight is 305 g/mol. The maximum Gasteiger partial charge on any atom is 0.258 e. The van der Waals surface area contributed by atoms with E-state index in [4.69, 9.17) is 4.74 Å². The number of aryl methyl sites for hydroxylation is 2. The van der Waals surface area contributed by atoms with Crippen molar-refractivity contribution in [1.29, 1.82) is 0 Å². The van der Waals surface area contributed by atoms with Crippen molar-refractivity contribution in [3.63, 3.8) is 0 Å². The third kappa shape index (κ3) is 4.58. The first-order valence-corrected chi connectivity index (χ1v) is 7.62. The fourth-order valence-corrected chi connectivity index (χ4v) is 2.78. The van der Waals surface area contributed by atoms with Gasteiger partial charge in [0.2, 0.25) is 0 Å². The molecule has 21 heavy (non-hydrogen) atoms. The van der Waals surface area contributed by atoms with Crippen LogP contribution in [-0.2, 0) is 4.79 Å². The lowest BCUT2D eigenvalue weighted by Gasteiger charge is -2.12. The van der Waals surface area contributed by atoms with E-state index < -0.39 is 6.10 Å². The average Bonchev–Trinajstić information content (AvgIpc) is 2.90. The Bertz CT molecular complexity index is 592. The Morgan fingerprint density at radius 3 is 2.62 bits per heavy atom. The molecule has 1 heterocycles. The van der Waals surface area contributed by atoms with E-state index in [9.17, 15) is 9.90 Å². The Balaban J connectivity index is 1.75. The number of thiophene rings is 1. The minimum Gasteiger partial charge on any atom is -0.484 e. The summed E-state index contributed by atoms with van der Waals surface area (Å²) in [4.78, 5) is 12.6. The van der Waals surface area contributed by atoms with E-state index in [1.54, 1.807) is 0 Å². The van der Waals surface area contributed by atoms with Gasteiger partial charge in [-0.1, -0.05) is 17.7 Å². The highest BCUT2D eigenvalue weighted by atomic mass is 32.1. The first kappa shape index (κ1) is 15.5. The summed E-state index contributed by atoms with van der Waals surface area (Å²) in [5, 5.41) is 14.6. The van der Waals surface area contributed by atoms with Gasteiger partial charge in [0.05, 0.1) is 0 Å². The predicted molar refractivity (Wildman–Crippen MR) is 83.7 cm³/mol.